The molecule has 1 aliphatic heterocycles. The van der Waals surface area contributed by atoms with E-state index in [9.17, 15) is 14.2 Å². The number of allylic oxidation sites excluding steroid dienone is 1. The highest BCUT2D eigenvalue weighted by Gasteiger charge is 2.56. The van der Waals surface area contributed by atoms with E-state index in [1.54, 1.807) is 20.8 Å². The van der Waals surface area contributed by atoms with Gasteiger partial charge in [-0.3, -0.25) is 9.46 Å². The fourth-order valence-corrected chi connectivity index (χ4v) is 6.87. The Bertz CT molecular complexity index is 933. The number of rotatable bonds is 9. The molecule has 0 N–H and O–H groups in total. The molecule has 1 fully saturated rings. The number of benzene rings is 1. The summed E-state index contributed by atoms with van der Waals surface area (Å²) in [4.78, 5) is 27.8. The molecule has 0 unspecified atom stereocenters. The van der Waals surface area contributed by atoms with Gasteiger partial charge in [-0.1, -0.05) is 56.3 Å². The van der Waals surface area contributed by atoms with Gasteiger partial charge in [0.15, 0.2) is 0 Å². The van der Waals surface area contributed by atoms with Gasteiger partial charge >= 0.3 is 19.7 Å². The SMILES string of the molecule is COC(=O)[C@H]1C[C@H](CC(C)C)[C@@H](C/C=C/c2ccccc2)[C@@H](P(=O)(OC)OC)N1C(=O)OC(C)(C)C. The number of hydrogen-bond acceptors (Lipinski definition) is 7. The van der Waals surface area contributed by atoms with Crippen molar-refractivity contribution in [3.05, 3.63) is 42.0 Å². The predicted molar refractivity (Wildman–Crippen MR) is 140 cm³/mol. The monoisotopic (exact) mass is 523 g/mol. The van der Waals surface area contributed by atoms with E-state index in [0.29, 0.717) is 18.8 Å². The maximum Gasteiger partial charge on any atom is 0.411 e. The Labute approximate surface area is 215 Å². The van der Waals surface area contributed by atoms with Gasteiger partial charge in [0.05, 0.1) is 7.11 Å². The minimum Gasteiger partial charge on any atom is -0.467 e. The molecule has 2 rings (SSSR count). The molecule has 0 aromatic heterocycles. The number of methoxy groups -OCH3 is 1. The van der Waals surface area contributed by atoms with Crippen LogP contribution in [-0.4, -0.2) is 55.7 Å². The Morgan fingerprint density at radius 3 is 2.22 bits per heavy atom. The summed E-state index contributed by atoms with van der Waals surface area (Å²) in [6.45, 7) is 9.43. The second-order valence-electron chi connectivity index (χ2n) is 10.6. The molecule has 4 atom stereocenters. The smallest absolute Gasteiger partial charge is 0.411 e. The first-order valence-electron chi connectivity index (χ1n) is 12.4. The molecule has 9 heteroatoms. The summed E-state index contributed by atoms with van der Waals surface area (Å²) in [5, 5.41) is 0. The standard InChI is InChI=1S/C27H42NO7P/c1-19(2)17-21-18-23(25(29)32-6)28(26(30)35-27(3,4)5)24(36(31,33-7)34-8)22(21)16-12-15-20-13-10-9-11-14-20/h9-15,19,21-24H,16-18H2,1-8H3/b15-12+/t21-,22+,23+,24+/m0/s1. The van der Waals surface area contributed by atoms with E-state index in [1.165, 1.54) is 26.2 Å². The van der Waals surface area contributed by atoms with E-state index in [0.717, 1.165) is 12.0 Å². The van der Waals surface area contributed by atoms with Crippen molar-refractivity contribution in [1.82, 2.24) is 4.90 Å². The molecule has 0 radical (unpaired) electrons. The van der Waals surface area contributed by atoms with Gasteiger partial charge in [-0.2, -0.15) is 0 Å². The molecule has 1 amide bonds. The van der Waals surface area contributed by atoms with Gasteiger partial charge < -0.3 is 18.5 Å². The van der Waals surface area contributed by atoms with Gasteiger partial charge in [0.1, 0.15) is 17.4 Å². The Morgan fingerprint density at radius 2 is 1.72 bits per heavy atom. The lowest BCUT2D eigenvalue weighted by Crippen LogP contribution is -2.60. The Balaban J connectivity index is 2.64. The predicted octanol–water partition coefficient (Wildman–Crippen LogP) is 6.36. The number of amides is 1. The zero-order valence-electron chi connectivity index (χ0n) is 22.8. The van der Waals surface area contributed by atoms with E-state index in [4.69, 9.17) is 18.5 Å². The number of likely N-dealkylation sites (tertiary alicyclic amines) is 1. The van der Waals surface area contributed by atoms with Crippen molar-refractivity contribution in [1.29, 1.82) is 0 Å². The summed E-state index contributed by atoms with van der Waals surface area (Å²) in [5.74, 6) is -1.67. The zero-order valence-corrected chi connectivity index (χ0v) is 23.7. The number of nitrogens with zero attached hydrogens (tertiary/aromatic N) is 1. The Kier molecular flexibility index (Phi) is 10.8. The largest absolute Gasteiger partial charge is 0.467 e. The lowest BCUT2D eigenvalue weighted by molar-refractivity contribution is -0.151. The van der Waals surface area contributed by atoms with Crippen LogP contribution in [0.2, 0.25) is 0 Å². The molecule has 1 aliphatic rings. The summed E-state index contributed by atoms with van der Waals surface area (Å²) >= 11 is 0. The van der Waals surface area contributed by atoms with Crippen molar-refractivity contribution >= 4 is 25.7 Å². The molecule has 0 bridgehead atoms. The molecule has 0 spiro atoms. The first kappa shape index (κ1) is 30.1. The fraction of sp³-hybridized carbons (Fsp3) is 0.630. The molecule has 202 valence electrons. The van der Waals surface area contributed by atoms with Gasteiger partial charge in [0, 0.05) is 14.2 Å². The second kappa shape index (κ2) is 12.9. The number of ether oxygens (including phenoxy) is 2. The minimum absolute atomic E-state index is 0.0446. The molecule has 8 nitrogen and oxygen atoms in total. The van der Waals surface area contributed by atoms with Crippen molar-refractivity contribution in [3.8, 4) is 0 Å². The number of piperidine rings is 1. The van der Waals surface area contributed by atoms with Crippen LogP contribution in [-0.2, 0) is 27.9 Å². The van der Waals surface area contributed by atoms with Crippen molar-refractivity contribution in [2.24, 2.45) is 17.8 Å². The van der Waals surface area contributed by atoms with Crippen molar-refractivity contribution < 1.29 is 32.7 Å². The number of hydrogen-bond donors (Lipinski definition) is 0. The van der Waals surface area contributed by atoms with Gasteiger partial charge in [-0.25, -0.2) is 9.59 Å². The first-order chi connectivity index (χ1) is 16.9. The molecular formula is C27H42NO7P. The Morgan fingerprint density at radius 1 is 1.11 bits per heavy atom. The average molecular weight is 524 g/mol. The highest BCUT2D eigenvalue weighted by molar-refractivity contribution is 7.54. The highest BCUT2D eigenvalue weighted by atomic mass is 31.2. The lowest BCUT2D eigenvalue weighted by atomic mass is 9.75. The van der Waals surface area contributed by atoms with Gasteiger partial charge in [0.2, 0.25) is 0 Å². The van der Waals surface area contributed by atoms with Crippen molar-refractivity contribution in [3.63, 3.8) is 0 Å². The number of carbonyl (C=O) groups is 2. The highest BCUT2D eigenvalue weighted by Crippen LogP contribution is 2.60. The van der Waals surface area contributed by atoms with Crippen LogP contribution >= 0.6 is 7.60 Å². The third-order valence-electron chi connectivity index (χ3n) is 6.34. The van der Waals surface area contributed by atoms with Gasteiger partial charge in [0.25, 0.3) is 0 Å². The summed E-state index contributed by atoms with van der Waals surface area (Å²) in [6.07, 6.45) is 4.89. The fourth-order valence-electron chi connectivity index (χ4n) is 4.90. The van der Waals surface area contributed by atoms with Crippen LogP contribution in [0.3, 0.4) is 0 Å². The van der Waals surface area contributed by atoms with Crippen molar-refractivity contribution in [2.75, 3.05) is 21.3 Å². The third-order valence-corrected chi connectivity index (χ3v) is 8.64. The molecule has 0 saturated carbocycles. The summed E-state index contributed by atoms with van der Waals surface area (Å²) in [7, 11) is -0.00604. The maximum atomic E-state index is 14.0. The molecule has 1 aromatic carbocycles. The van der Waals surface area contributed by atoms with E-state index in [1.807, 2.05) is 42.5 Å². The number of esters is 1. The topological polar surface area (TPSA) is 91.4 Å². The van der Waals surface area contributed by atoms with E-state index in [2.05, 4.69) is 13.8 Å². The van der Waals surface area contributed by atoms with E-state index >= 15 is 0 Å². The van der Waals surface area contributed by atoms with Gasteiger partial charge in [-0.15, -0.1) is 0 Å². The van der Waals surface area contributed by atoms with E-state index < -0.39 is 37.1 Å². The molecule has 0 aliphatic carbocycles. The average Bonchev–Trinajstić information content (AvgIpc) is 2.82. The zero-order chi connectivity index (χ0) is 27.1. The molecule has 1 heterocycles. The summed E-state index contributed by atoms with van der Waals surface area (Å²) < 4.78 is 35.7. The van der Waals surface area contributed by atoms with Crippen molar-refractivity contribution in [2.45, 2.75) is 71.3 Å². The van der Waals surface area contributed by atoms with Crippen LogP contribution in [0, 0.1) is 17.8 Å². The maximum absolute atomic E-state index is 14.0. The van der Waals surface area contributed by atoms with Crippen LogP contribution in [0.25, 0.3) is 6.08 Å². The quantitative estimate of drug-likeness (QED) is 0.275. The molecule has 1 saturated heterocycles. The number of carbonyl (C=O) groups excluding carboxylic acids is 2. The second-order valence-corrected chi connectivity index (χ2v) is 12.9. The third kappa shape index (κ3) is 7.67. The van der Waals surface area contributed by atoms with Crippen LogP contribution < -0.4 is 0 Å². The van der Waals surface area contributed by atoms with Crippen LogP contribution in [0.4, 0.5) is 4.79 Å². The lowest BCUT2D eigenvalue weighted by Gasteiger charge is -2.49. The molecular weight excluding hydrogens is 481 g/mol. The summed E-state index contributed by atoms with van der Waals surface area (Å²) in [6, 6.07) is 8.88. The molecule has 1 aromatic rings. The van der Waals surface area contributed by atoms with Crippen LogP contribution in [0.15, 0.2) is 36.4 Å². The first-order valence-corrected chi connectivity index (χ1v) is 14.0. The van der Waals surface area contributed by atoms with Crippen LogP contribution in [0.5, 0.6) is 0 Å². The Hall–Kier alpha value is -2.15. The normalized spacial score (nSPS) is 23.2. The van der Waals surface area contributed by atoms with Crippen LogP contribution in [0.1, 0.15) is 59.4 Å². The minimum atomic E-state index is -3.89. The van der Waals surface area contributed by atoms with E-state index in [-0.39, 0.29) is 11.8 Å². The molecule has 36 heavy (non-hydrogen) atoms. The summed E-state index contributed by atoms with van der Waals surface area (Å²) in [5.41, 5.74) is 0.201. The van der Waals surface area contributed by atoms with Gasteiger partial charge in [-0.05, 0) is 63.4 Å².